The van der Waals surface area contributed by atoms with E-state index in [9.17, 15) is 4.39 Å². The van der Waals surface area contributed by atoms with Crippen LogP contribution in [0.15, 0.2) is 28.8 Å². The van der Waals surface area contributed by atoms with Gasteiger partial charge < -0.3 is 4.52 Å². The van der Waals surface area contributed by atoms with Crippen molar-refractivity contribution in [3.63, 3.8) is 0 Å². The van der Waals surface area contributed by atoms with Crippen LogP contribution in [0.2, 0.25) is 0 Å². The molecule has 0 bridgehead atoms. The number of aromatic nitrogens is 2. The minimum absolute atomic E-state index is 0.171. The van der Waals surface area contributed by atoms with Crippen molar-refractivity contribution < 1.29 is 8.91 Å². The Hall–Kier alpha value is -1.75. The first-order chi connectivity index (χ1) is 10.2. The van der Waals surface area contributed by atoms with Crippen molar-refractivity contribution in [2.45, 2.75) is 45.2 Å². The molecule has 1 heterocycles. The first kappa shape index (κ1) is 14.2. The monoisotopic (exact) mass is 289 g/mol. The quantitative estimate of drug-likeness (QED) is 0.786. The minimum atomic E-state index is -0.171. The van der Waals surface area contributed by atoms with Gasteiger partial charge in [0.15, 0.2) is 5.82 Å². The Morgan fingerprint density at radius 1 is 1.38 bits per heavy atom. The van der Waals surface area contributed by atoms with Crippen molar-refractivity contribution in [2.75, 3.05) is 6.54 Å². The lowest BCUT2D eigenvalue weighted by Crippen LogP contribution is -2.28. The van der Waals surface area contributed by atoms with E-state index in [1.807, 2.05) is 13.0 Å². The molecule has 1 aromatic carbocycles. The fourth-order valence-corrected chi connectivity index (χ4v) is 2.47. The largest absolute Gasteiger partial charge is 0.338 e. The number of rotatable bonds is 7. The summed E-state index contributed by atoms with van der Waals surface area (Å²) in [5, 5.41) is 3.93. The smallest absolute Gasteiger partial charge is 0.240 e. The van der Waals surface area contributed by atoms with Gasteiger partial charge in [-0.25, -0.2) is 4.39 Å². The van der Waals surface area contributed by atoms with Gasteiger partial charge in [-0.15, -0.1) is 0 Å². The van der Waals surface area contributed by atoms with E-state index in [1.165, 1.54) is 18.9 Å². The molecule has 0 atom stereocenters. The predicted octanol–water partition coefficient (Wildman–Crippen LogP) is 2.98. The van der Waals surface area contributed by atoms with E-state index in [4.69, 9.17) is 4.52 Å². The summed E-state index contributed by atoms with van der Waals surface area (Å²) in [5.41, 5.74) is 1.03. The zero-order valence-corrected chi connectivity index (χ0v) is 12.3. The molecule has 1 saturated carbocycles. The molecule has 0 saturated heterocycles. The average molecular weight is 289 g/mol. The van der Waals surface area contributed by atoms with Gasteiger partial charge in [0.2, 0.25) is 5.89 Å². The van der Waals surface area contributed by atoms with Crippen LogP contribution in [0.4, 0.5) is 4.39 Å². The summed E-state index contributed by atoms with van der Waals surface area (Å²) in [5.74, 6) is 1.26. The maximum Gasteiger partial charge on any atom is 0.240 e. The summed E-state index contributed by atoms with van der Waals surface area (Å²) in [7, 11) is 0. The Kier molecular flexibility index (Phi) is 4.29. The lowest BCUT2D eigenvalue weighted by Gasteiger charge is -2.19. The number of benzene rings is 1. The van der Waals surface area contributed by atoms with E-state index in [2.05, 4.69) is 15.0 Å². The van der Waals surface area contributed by atoms with Gasteiger partial charge in [-0.2, -0.15) is 4.98 Å². The third-order valence-corrected chi connectivity index (χ3v) is 3.80. The maximum atomic E-state index is 13.2. The van der Waals surface area contributed by atoms with E-state index in [0.29, 0.717) is 18.5 Å². The lowest BCUT2D eigenvalue weighted by molar-refractivity contribution is 0.219. The highest BCUT2D eigenvalue weighted by atomic mass is 19.1. The number of nitrogens with zero attached hydrogens (tertiary/aromatic N) is 3. The molecule has 1 aliphatic carbocycles. The van der Waals surface area contributed by atoms with Crippen LogP contribution in [0.3, 0.4) is 0 Å². The molecule has 1 fully saturated rings. The molecule has 0 N–H and O–H groups in total. The number of halogens is 1. The second-order valence-electron chi connectivity index (χ2n) is 5.54. The molecule has 3 rings (SSSR count). The van der Waals surface area contributed by atoms with Crippen LogP contribution in [0, 0.1) is 5.82 Å². The molecule has 21 heavy (non-hydrogen) atoms. The summed E-state index contributed by atoms with van der Waals surface area (Å²) in [4.78, 5) is 6.73. The molecule has 112 valence electrons. The van der Waals surface area contributed by atoms with Crippen molar-refractivity contribution in [3.8, 4) is 0 Å². The summed E-state index contributed by atoms with van der Waals surface area (Å²) in [6.07, 6.45) is 4.06. The van der Waals surface area contributed by atoms with Crippen LogP contribution in [0.25, 0.3) is 0 Å². The molecule has 4 nitrogen and oxygen atoms in total. The first-order valence-electron chi connectivity index (χ1n) is 7.54. The lowest BCUT2D eigenvalue weighted by atomic mass is 10.1. The Morgan fingerprint density at radius 3 is 2.90 bits per heavy atom. The molecular formula is C16H20FN3O. The molecule has 2 aromatic rings. The second kappa shape index (κ2) is 6.35. The summed E-state index contributed by atoms with van der Waals surface area (Å²) in [6, 6.07) is 7.42. The van der Waals surface area contributed by atoms with E-state index in [0.717, 1.165) is 30.8 Å². The fraction of sp³-hybridized carbons (Fsp3) is 0.500. The maximum absolute atomic E-state index is 13.2. The van der Waals surface area contributed by atoms with E-state index >= 15 is 0 Å². The predicted molar refractivity (Wildman–Crippen MR) is 77.2 cm³/mol. The SMILES string of the molecule is CCc1noc(CN(CCc2cccc(F)c2)C2CC2)n1. The molecule has 0 radical (unpaired) electrons. The summed E-state index contributed by atoms with van der Waals surface area (Å²) >= 11 is 0. The zero-order chi connectivity index (χ0) is 14.7. The van der Waals surface area contributed by atoms with Crippen LogP contribution >= 0.6 is 0 Å². The zero-order valence-electron chi connectivity index (χ0n) is 12.3. The highest BCUT2D eigenvalue weighted by molar-refractivity contribution is 5.16. The molecule has 5 heteroatoms. The molecular weight excluding hydrogens is 269 g/mol. The Balaban J connectivity index is 1.59. The molecule has 0 unspecified atom stereocenters. The average Bonchev–Trinajstić information content (AvgIpc) is 3.23. The first-order valence-corrected chi connectivity index (χ1v) is 7.54. The van der Waals surface area contributed by atoms with Crippen LogP contribution in [-0.4, -0.2) is 27.6 Å². The van der Waals surface area contributed by atoms with E-state index in [-0.39, 0.29) is 5.82 Å². The van der Waals surface area contributed by atoms with Crippen LogP contribution < -0.4 is 0 Å². The van der Waals surface area contributed by atoms with Gasteiger partial charge in [0.05, 0.1) is 6.54 Å². The van der Waals surface area contributed by atoms with Gasteiger partial charge in [-0.1, -0.05) is 24.2 Å². The summed E-state index contributed by atoms with van der Waals surface area (Å²) < 4.78 is 18.5. The molecule has 1 aromatic heterocycles. The van der Waals surface area contributed by atoms with Crippen molar-refractivity contribution in [1.82, 2.24) is 15.0 Å². The van der Waals surface area contributed by atoms with Gasteiger partial charge in [0.25, 0.3) is 0 Å². The van der Waals surface area contributed by atoms with Crippen LogP contribution in [-0.2, 0) is 19.4 Å². The van der Waals surface area contributed by atoms with Crippen molar-refractivity contribution in [2.24, 2.45) is 0 Å². The van der Waals surface area contributed by atoms with Gasteiger partial charge in [0, 0.05) is 19.0 Å². The third-order valence-electron chi connectivity index (χ3n) is 3.80. The molecule has 0 amide bonds. The van der Waals surface area contributed by atoms with E-state index < -0.39 is 0 Å². The van der Waals surface area contributed by atoms with Gasteiger partial charge in [-0.05, 0) is 37.0 Å². The topological polar surface area (TPSA) is 42.2 Å². The van der Waals surface area contributed by atoms with E-state index in [1.54, 1.807) is 12.1 Å². The number of hydrogen-bond donors (Lipinski definition) is 0. The molecule has 0 spiro atoms. The fourth-order valence-electron chi connectivity index (χ4n) is 2.47. The summed E-state index contributed by atoms with van der Waals surface area (Å²) in [6.45, 7) is 3.59. The van der Waals surface area contributed by atoms with Crippen molar-refractivity contribution >= 4 is 0 Å². The van der Waals surface area contributed by atoms with Crippen LogP contribution in [0.1, 0.15) is 37.0 Å². The second-order valence-corrected chi connectivity index (χ2v) is 5.54. The Labute approximate surface area is 124 Å². The third kappa shape index (κ3) is 3.88. The van der Waals surface area contributed by atoms with Gasteiger partial charge in [0.1, 0.15) is 5.82 Å². The van der Waals surface area contributed by atoms with Crippen molar-refractivity contribution in [3.05, 3.63) is 47.4 Å². The highest BCUT2D eigenvalue weighted by Crippen LogP contribution is 2.28. The molecule has 0 aliphatic heterocycles. The number of hydrogen-bond acceptors (Lipinski definition) is 4. The normalized spacial score (nSPS) is 14.8. The number of aryl methyl sites for hydroxylation is 1. The molecule has 1 aliphatic rings. The Bertz CT molecular complexity index is 595. The Morgan fingerprint density at radius 2 is 2.24 bits per heavy atom. The highest BCUT2D eigenvalue weighted by Gasteiger charge is 2.29. The minimum Gasteiger partial charge on any atom is -0.338 e. The van der Waals surface area contributed by atoms with Crippen molar-refractivity contribution in [1.29, 1.82) is 0 Å². The standard InChI is InChI=1S/C16H20FN3O/c1-2-15-18-16(21-19-15)11-20(14-6-7-14)9-8-12-4-3-5-13(17)10-12/h3-5,10,14H,2,6-9,11H2,1H3. The van der Waals surface area contributed by atoms with Gasteiger partial charge in [-0.3, -0.25) is 4.90 Å². The van der Waals surface area contributed by atoms with Gasteiger partial charge >= 0.3 is 0 Å². The van der Waals surface area contributed by atoms with Crippen LogP contribution in [0.5, 0.6) is 0 Å².